The molecule has 0 radical (unpaired) electrons. The maximum atomic E-state index is 10.5. The number of rotatable bonds is 6. The van der Waals surface area contributed by atoms with Crippen LogP contribution in [0.3, 0.4) is 0 Å². The summed E-state index contributed by atoms with van der Waals surface area (Å²) < 4.78 is 0. The van der Waals surface area contributed by atoms with Gasteiger partial charge in [-0.05, 0) is 26.3 Å². The van der Waals surface area contributed by atoms with E-state index >= 15 is 0 Å². The highest BCUT2D eigenvalue weighted by atomic mass is 16.3. The van der Waals surface area contributed by atoms with Crippen molar-refractivity contribution < 1.29 is 9.90 Å². The van der Waals surface area contributed by atoms with Gasteiger partial charge in [0.25, 0.3) is 0 Å². The van der Waals surface area contributed by atoms with Gasteiger partial charge in [-0.1, -0.05) is 19.1 Å². The molecule has 0 heterocycles. The summed E-state index contributed by atoms with van der Waals surface area (Å²) >= 11 is 0. The lowest BCUT2D eigenvalue weighted by Crippen LogP contribution is -2.42. The van der Waals surface area contributed by atoms with Crippen LogP contribution in [0.15, 0.2) is 12.2 Å². The van der Waals surface area contributed by atoms with Crippen LogP contribution in [0.4, 0.5) is 0 Å². The molecule has 0 aliphatic heterocycles. The minimum Gasteiger partial charge on any atom is -0.391 e. The fraction of sp³-hybridized carbons (Fsp3) is 0.700. The molecule has 0 aliphatic rings. The van der Waals surface area contributed by atoms with Gasteiger partial charge in [-0.2, -0.15) is 0 Å². The molecule has 0 saturated heterocycles. The van der Waals surface area contributed by atoms with E-state index < -0.39 is 12.1 Å². The summed E-state index contributed by atoms with van der Waals surface area (Å²) in [5, 5.41) is 12.4. The first-order valence-corrected chi connectivity index (χ1v) is 4.59. The number of likely N-dealkylation sites (N-methyl/N-ethyl adjacent to an activating group) is 1. The van der Waals surface area contributed by atoms with Crippen molar-refractivity contribution in [1.29, 1.82) is 0 Å². The molecule has 0 spiro atoms. The molecular weight excluding hydrogens is 166 g/mol. The molecule has 0 aromatic heterocycles. The number of aliphatic hydroxyl groups excluding tert-OH is 1. The van der Waals surface area contributed by atoms with Crippen LogP contribution in [0, 0.1) is 5.92 Å². The molecule has 0 fully saturated rings. The molecule has 3 heteroatoms. The zero-order chi connectivity index (χ0) is 10.3. The summed E-state index contributed by atoms with van der Waals surface area (Å²) in [4.78, 5) is 10.5. The van der Waals surface area contributed by atoms with Crippen LogP contribution in [-0.2, 0) is 4.79 Å². The first-order valence-electron chi connectivity index (χ1n) is 4.59. The van der Waals surface area contributed by atoms with Crippen LogP contribution >= 0.6 is 0 Å². The SMILES string of the molecule is C/C=C/C[C@@H](C)[C@@H](O)[C@@H](C=O)NC. The number of aliphatic hydroxyl groups is 1. The summed E-state index contributed by atoms with van der Waals surface area (Å²) in [6, 6.07) is -0.458. The molecule has 0 rings (SSSR count). The number of carbonyl (C=O) groups excluding carboxylic acids is 1. The molecule has 13 heavy (non-hydrogen) atoms. The fourth-order valence-corrected chi connectivity index (χ4v) is 1.16. The predicted molar refractivity (Wildman–Crippen MR) is 53.5 cm³/mol. The molecule has 0 aromatic rings. The van der Waals surface area contributed by atoms with E-state index in [0.717, 1.165) is 12.7 Å². The fourth-order valence-electron chi connectivity index (χ4n) is 1.16. The van der Waals surface area contributed by atoms with Crippen molar-refractivity contribution in [3.63, 3.8) is 0 Å². The van der Waals surface area contributed by atoms with Gasteiger partial charge >= 0.3 is 0 Å². The largest absolute Gasteiger partial charge is 0.391 e. The second-order valence-electron chi connectivity index (χ2n) is 3.22. The molecule has 0 bridgehead atoms. The van der Waals surface area contributed by atoms with Crippen LogP contribution in [0.1, 0.15) is 20.3 Å². The van der Waals surface area contributed by atoms with Gasteiger partial charge in [0.1, 0.15) is 6.29 Å². The lowest BCUT2D eigenvalue weighted by molar-refractivity contribution is -0.112. The van der Waals surface area contributed by atoms with Gasteiger partial charge in [0.15, 0.2) is 0 Å². The van der Waals surface area contributed by atoms with E-state index in [9.17, 15) is 9.90 Å². The van der Waals surface area contributed by atoms with Crippen molar-refractivity contribution in [1.82, 2.24) is 5.32 Å². The summed E-state index contributed by atoms with van der Waals surface area (Å²) in [5.74, 6) is 0.0962. The average Bonchev–Trinajstić information content (AvgIpc) is 2.15. The average molecular weight is 185 g/mol. The molecule has 3 atom stereocenters. The number of allylic oxidation sites excluding steroid dienone is 2. The van der Waals surface area contributed by atoms with Gasteiger partial charge in [0.2, 0.25) is 0 Å². The van der Waals surface area contributed by atoms with E-state index in [-0.39, 0.29) is 5.92 Å². The Bertz CT molecular complexity index is 168. The van der Waals surface area contributed by atoms with Crippen molar-refractivity contribution in [2.24, 2.45) is 5.92 Å². The first-order chi connectivity index (χ1) is 6.17. The summed E-state index contributed by atoms with van der Waals surface area (Å²) in [6.07, 6.45) is 4.86. The topological polar surface area (TPSA) is 49.3 Å². The van der Waals surface area contributed by atoms with E-state index in [1.165, 1.54) is 0 Å². The minimum absolute atomic E-state index is 0.0962. The van der Waals surface area contributed by atoms with Crippen molar-refractivity contribution in [3.8, 4) is 0 Å². The van der Waals surface area contributed by atoms with Crippen LogP contribution in [-0.4, -0.2) is 30.6 Å². The van der Waals surface area contributed by atoms with E-state index in [4.69, 9.17) is 0 Å². The van der Waals surface area contributed by atoms with Gasteiger partial charge in [-0.25, -0.2) is 0 Å². The lowest BCUT2D eigenvalue weighted by atomic mass is 9.95. The number of hydrogen-bond donors (Lipinski definition) is 2. The molecular formula is C10H19NO2. The Kier molecular flexibility index (Phi) is 6.45. The van der Waals surface area contributed by atoms with Crippen molar-refractivity contribution >= 4 is 6.29 Å². The quantitative estimate of drug-likeness (QED) is 0.474. The zero-order valence-corrected chi connectivity index (χ0v) is 8.53. The Morgan fingerprint density at radius 3 is 2.54 bits per heavy atom. The smallest absolute Gasteiger partial charge is 0.139 e. The normalized spacial score (nSPS) is 18.5. The van der Waals surface area contributed by atoms with E-state index in [0.29, 0.717) is 0 Å². The second kappa shape index (κ2) is 6.80. The molecule has 0 unspecified atom stereocenters. The van der Waals surface area contributed by atoms with Crippen molar-refractivity contribution in [2.75, 3.05) is 7.05 Å². The lowest BCUT2D eigenvalue weighted by Gasteiger charge is -2.22. The predicted octanol–water partition coefficient (Wildman–Crippen LogP) is 0.737. The van der Waals surface area contributed by atoms with E-state index in [2.05, 4.69) is 5.32 Å². The molecule has 76 valence electrons. The Balaban J connectivity index is 4.05. The Hall–Kier alpha value is -0.670. The van der Waals surface area contributed by atoms with Gasteiger partial charge in [0.05, 0.1) is 12.1 Å². The second-order valence-corrected chi connectivity index (χ2v) is 3.22. The van der Waals surface area contributed by atoms with Crippen LogP contribution in [0.5, 0.6) is 0 Å². The monoisotopic (exact) mass is 185 g/mol. The third-order valence-corrected chi connectivity index (χ3v) is 2.17. The molecule has 0 aromatic carbocycles. The number of carbonyl (C=O) groups is 1. The molecule has 0 aliphatic carbocycles. The summed E-state index contributed by atoms with van der Waals surface area (Å²) in [6.45, 7) is 3.87. The maximum Gasteiger partial charge on any atom is 0.139 e. The molecule has 2 N–H and O–H groups in total. The van der Waals surface area contributed by atoms with E-state index in [1.807, 2.05) is 26.0 Å². The highest BCUT2D eigenvalue weighted by Crippen LogP contribution is 2.11. The van der Waals surface area contributed by atoms with Crippen molar-refractivity contribution in [3.05, 3.63) is 12.2 Å². The molecule has 0 saturated carbocycles. The standard InChI is InChI=1S/C10H19NO2/c1-4-5-6-8(2)10(13)9(7-12)11-3/h4-5,7-11,13H,6H2,1-3H3/b5-4+/t8-,9-,10-/m1/s1. The minimum atomic E-state index is -0.612. The number of aldehydes is 1. The molecule has 0 amide bonds. The van der Waals surface area contributed by atoms with Gasteiger partial charge in [-0.3, -0.25) is 0 Å². The highest BCUT2D eigenvalue weighted by Gasteiger charge is 2.21. The van der Waals surface area contributed by atoms with Crippen LogP contribution in [0.25, 0.3) is 0 Å². The maximum absolute atomic E-state index is 10.5. The zero-order valence-electron chi connectivity index (χ0n) is 8.53. The first kappa shape index (κ1) is 12.3. The van der Waals surface area contributed by atoms with Crippen molar-refractivity contribution in [2.45, 2.75) is 32.4 Å². The summed E-state index contributed by atoms with van der Waals surface area (Å²) in [7, 11) is 1.67. The third-order valence-electron chi connectivity index (χ3n) is 2.17. The Labute approximate surface area is 79.8 Å². The highest BCUT2D eigenvalue weighted by molar-refractivity contribution is 5.58. The van der Waals surface area contributed by atoms with Crippen LogP contribution < -0.4 is 5.32 Å². The Morgan fingerprint density at radius 1 is 1.54 bits per heavy atom. The van der Waals surface area contributed by atoms with Gasteiger partial charge < -0.3 is 15.2 Å². The van der Waals surface area contributed by atoms with Gasteiger partial charge in [-0.15, -0.1) is 0 Å². The summed E-state index contributed by atoms with van der Waals surface area (Å²) in [5.41, 5.74) is 0. The third kappa shape index (κ3) is 4.20. The number of hydrogen-bond acceptors (Lipinski definition) is 3. The van der Waals surface area contributed by atoms with E-state index in [1.54, 1.807) is 7.05 Å². The number of nitrogens with one attached hydrogen (secondary N) is 1. The molecule has 3 nitrogen and oxygen atoms in total. The van der Waals surface area contributed by atoms with Gasteiger partial charge in [0, 0.05) is 0 Å². The van der Waals surface area contributed by atoms with Crippen LogP contribution in [0.2, 0.25) is 0 Å². The Morgan fingerprint density at radius 2 is 2.15 bits per heavy atom.